The molecular formula is C33H31IN4S2. The third-order valence-electron chi connectivity index (χ3n) is 7.52. The van der Waals surface area contributed by atoms with Gasteiger partial charge in [-0.1, -0.05) is 50.2 Å². The second-order valence-corrected chi connectivity index (χ2v) is 14.4. The highest BCUT2D eigenvalue weighted by Gasteiger charge is 2.35. The van der Waals surface area contributed by atoms with Crippen LogP contribution in [0.25, 0.3) is 43.7 Å². The lowest BCUT2D eigenvalue weighted by molar-refractivity contribution is 0.660. The van der Waals surface area contributed by atoms with Crippen LogP contribution >= 0.6 is 45.3 Å². The van der Waals surface area contributed by atoms with Crippen LogP contribution in [0.3, 0.4) is 0 Å². The van der Waals surface area contributed by atoms with Crippen molar-refractivity contribution in [3.05, 3.63) is 104 Å². The van der Waals surface area contributed by atoms with Gasteiger partial charge in [-0.25, -0.2) is 9.97 Å². The number of fused-ring (bicyclic) bond motifs is 3. The number of nitrogens with zero attached hydrogens (tertiary/aromatic N) is 4. The standard InChI is InChI=1S/C24H22N2S.C9H9IN2S/c1-15-9-12-22(27-15)21-14-26(4)23(25-21)16-10-11-18-17-7-5-6-8-19(17)24(2,3)20(18)13-16;1-6-3-4-8(13-6)7-5-12(2)9(10)11-7/h5-14H,1-4H3;3-5H,1-2H3. The van der Waals surface area contributed by atoms with Crippen LogP contribution in [0.2, 0.25) is 0 Å². The fraction of sp³-hybridized carbons (Fsp3) is 0.212. The first-order valence-corrected chi connectivity index (χ1v) is 15.9. The van der Waals surface area contributed by atoms with Crippen LogP contribution < -0.4 is 0 Å². The van der Waals surface area contributed by atoms with E-state index in [2.05, 4.69) is 146 Å². The maximum Gasteiger partial charge on any atom is 0.171 e. The topological polar surface area (TPSA) is 35.6 Å². The second-order valence-electron chi connectivity index (χ2n) is 10.8. The Hall–Kier alpha value is -3.01. The molecule has 0 bridgehead atoms. The molecule has 0 N–H and O–H groups in total. The molecule has 0 spiro atoms. The predicted octanol–water partition coefficient (Wildman–Crippen LogP) is 9.49. The Balaban J connectivity index is 0.000000187. The van der Waals surface area contributed by atoms with Crippen molar-refractivity contribution < 1.29 is 0 Å². The van der Waals surface area contributed by atoms with Crippen LogP contribution in [0.4, 0.5) is 0 Å². The minimum atomic E-state index is 0.0147. The largest absolute Gasteiger partial charge is 0.333 e. The Morgan fingerprint density at radius 3 is 1.90 bits per heavy atom. The summed E-state index contributed by atoms with van der Waals surface area (Å²) in [5.41, 5.74) is 8.82. The lowest BCUT2D eigenvalue weighted by Crippen LogP contribution is -2.15. The molecule has 202 valence electrons. The van der Waals surface area contributed by atoms with Crippen molar-refractivity contribution in [2.75, 3.05) is 0 Å². The zero-order valence-electron chi connectivity index (χ0n) is 23.5. The van der Waals surface area contributed by atoms with Gasteiger partial charge in [-0.2, -0.15) is 0 Å². The van der Waals surface area contributed by atoms with Crippen molar-refractivity contribution in [1.29, 1.82) is 0 Å². The van der Waals surface area contributed by atoms with Crippen LogP contribution in [0.15, 0.2) is 79.1 Å². The average Bonchev–Trinajstić information content (AvgIpc) is 3.75. The van der Waals surface area contributed by atoms with E-state index < -0.39 is 0 Å². The van der Waals surface area contributed by atoms with Crippen molar-refractivity contribution in [3.8, 4) is 43.7 Å². The molecule has 0 amide bonds. The summed E-state index contributed by atoms with van der Waals surface area (Å²) in [6.45, 7) is 8.89. The number of benzene rings is 2. The van der Waals surface area contributed by atoms with E-state index in [1.807, 2.05) is 11.6 Å². The van der Waals surface area contributed by atoms with Gasteiger partial charge in [0.15, 0.2) is 3.83 Å². The fourth-order valence-corrected chi connectivity index (χ4v) is 7.45. The van der Waals surface area contributed by atoms with E-state index in [0.29, 0.717) is 0 Å². The van der Waals surface area contributed by atoms with E-state index in [-0.39, 0.29) is 5.41 Å². The number of thiophene rings is 2. The van der Waals surface area contributed by atoms with Gasteiger partial charge in [0, 0.05) is 47.2 Å². The molecule has 4 nitrogen and oxygen atoms in total. The van der Waals surface area contributed by atoms with E-state index in [9.17, 15) is 0 Å². The lowest BCUT2D eigenvalue weighted by atomic mass is 9.82. The molecule has 1 aliphatic carbocycles. The van der Waals surface area contributed by atoms with Crippen LogP contribution in [-0.2, 0) is 19.5 Å². The quantitative estimate of drug-likeness (QED) is 0.175. The number of aromatic nitrogens is 4. The Morgan fingerprint density at radius 2 is 1.30 bits per heavy atom. The maximum absolute atomic E-state index is 4.96. The van der Waals surface area contributed by atoms with Gasteiger partial charge in [0.05, 0.1) is 21.1 Å². The molecule has 6 aromatic rings. The first-order chi connectivity index (χ1) is 19.1. The van der Waals surface area contributed by atoms with Gasteiger partial charge in [-0.05, 0) is 89.0 Å². The highest BCUT2D eigenvalue weighted by molar-refractivity contribution is 14.1. The average molecular weight is 675 g/mol. The molecule has 4 heterocycles. The molecule has 1 aliphatic rings. The summed E-state index contributed by atoms with van der Waals surface area (Å²) in [4.78, 5) is 14.5. The van der Waals surface area contributed by atoms with Gasteiger partial charge in [0.2, 0.25) is 0 Å². The molecule has 0 aliphatic heterocycles. The first-order valence-electron chi connectivity index (χ1n) is 13.2. The molecule has 2 aromatic carbocycles. The zero-order chi connectivity index (χ0) is 28.2. The van der Waals surface area contributed by atoms with Gasteiger partial charge in [0.25, 0.3) is 0 Å². The van der Waals surface area contributed by atoms with Crippen molar-refractivity contribution in [2.24, 2.45) is 14.1 Å². The maximum atomic E-state index is 4.96. The van der Waals surface area contributed by atoms with Crippen LogP contribution in [0.5, 0.6) is 0 Å². The number of imidazole rings is 2. The highest BCUT2D eigenvalue weighted by atomic mass is 127. The summed E-state index contributed by atoms with van der Waals surface area (Å²) < 4.78 is 5.20. The summed E-state index contributed by atoms with van der Waals surface area (Å²) in [5.74, 6) is 1.02. The summed E-state index contributed by atoms with van der Waals surface area (Å²) in [7, 11) is 4.10. The molecule has 0 saturated carbocycles. The number of rotatable bonds is 3. The molecule has 0 radical (unpaired) electrons. The minimum absolute atomic E-state index is 0.0147. The van der Waals surface area contributed by atoms with Crippen molar-refractivity contribution in [3.63, 3.8) is 0 Å². The van der Waals surface area contributed by atoms with E-state index in [4.69, 9.17) is 4.98 Å². The van der Waals surface area contributed by atoms with E-state index >= 15 is 0 Å². The van der Waals surface area contributed by atoms with E-state index in [1.54, 1.807) is 22.7 Å². The van der Waals surface area contributed by atoms with Gasteiger partial charge >= 0.3 is 0 Å². The van der Waals surface area contributed by atoms with Crippen molar-refractivity contribution >= 4 is 45.3 Å². The van der Waals surface area contributed by atoms with Crippen LogP contribution in [0.1, 0.15) is 34.7 Å². The number of hydrogen-bond donors (Lipinski definition) is 0. The number of aryl methyl sites for hydroxylation is 4. The molecule has 0 unspecified atom stereocenters. The molecule has 0 atom stereocenters. The van der Waals surface area contributed by atoms with Gasteiger partial charge in [-0.15, -0.1) is 22.7 Å². The van der Waals surface area contributed by atoms with Crippen molar-refractivity contribution in [1.82, 2.24) is 19.1 Å². The molecule has 0 saturated heterocycles. The smallest absolute Gasteiger partial charge is 0.171 e. The predicted molar refractivity (Wildman–Crippen MR) is 178 cm³/mol. The summed E-state index contributed by atoms with van der Waals surface area (Å²) in [6.07, 6.45) is 4.20. The zero-order valence-corrected chi connectivity index (χ0v) is 27.3. The molecule has 7 rings (SSSR count). The minimum Gasteiger partial charge on any atom is -0.333 e. The summed E-state index contributed by atoms with van der Waals surface area (Å²) in [6, 6.07) is 24.1. The van der Waals surface area contributed by atoms with Crippen LogP contribution in [0, 0.1) is 17.7 Å². The Labute approximate surface area is 257 Å². The van der Waals surface area contributed by atoms with Crippen molar-refractivity contribution in [2.45, 2.75) is 33.1 Å². The normalized spacial score (nSPS) is 13.1. The van der Waals surface area contributed by atoms with Gasteiger partial charge < -0.3 is 9.13 Å². The third-order valence-corrected chi connectivity index (χ3v) is 10.6. The first kappa shape index (κ1) is 27.2. The Kier molecular flexibility index (Phi) is 7.09. The SMILES string of the molecule is Cc1ccc(-c2cn(C)c(-c3ccc4c(c3)C(C)(C)c3ccccc3-4)n2)s1.Cc1ccc(-c2cn(C)c(I)n2)s1. The number of halogens is 1. The fourth-order valence-electron chi connectivity index (χ4n) is 5.40. The highest BCUT2D eigenvalue weighted by Crippen LogP contribution is 2.49. The third kappa shape index (κ3) is 4.88. The second kappa shape index (κ2) is 10.4. The Morgan fingerprint density at radius 1 is 0.700 bits per heavy atom. The Bertz CT molecular complexity index is 1830. The summed E-state index contributed by atoms with van der Waals surface area (Å²) in [5, 5.41) is 0. The van der Waals surface area contributed by atoms with E-state index in [1.165, 1.54) is 47.3 Å². The van der Waals surface area contributed by atoms with Gasteiger partial charge in [-0.3, -0.25) is 0 Å². The number of hydrogen-bond acceptors (Lipinski definition) is 4. The van der Waals surface area contributed by atoms with Crippen LogP contribution in [-0.4, -0.2) is 19.1 Å². The molecule has 0 fully saturated rings. The van der Waals surface area contributed by atoms with Gasteiger partial charge in [0.1, 0.15) is 5.82 Å². The molecule has 7 heteroatoms. The summed E-state index contributed by atoms with van der Waals surface area (Å²) >= 11 is 5.81. The molecule has 40 heavy (non-hydrogen) atoms. The molecular weight excluding hydrogens is 643 g/mol. The monoisotopic (exact) mass is 674 g/mol. The molecule has 4 aromatic heterocycles. The lowest BCUT2D eigenvalue weighted by Gasteiger charge is -2.21. The van der Waals surface area contributed by atoms with E-state index in [0.717, 1.165) is 21.0 Å².